The van der Waals surface area contributed by atoms with Gasteiger partial charge < -0.3 is 4.74 Å². The molecule has 1 aromatic carbocycles. The fraction of sp³-hybridized carbons (Fsp3) is 0.667. The van der Waals surface area contributed by atoms with E-state index < -0.39 is 0 Å². The minimum Gasteiger partial charge on any atom is -0.462 e. The van der Waals surface area contributed by atoms with Crippen LogP contribution in [0, 0.1) is 23.2 Å². The van der Waals surface area contributed by atoms with Crippen molar-refractivity contribution in [3.63, 3.8) is 0 Å². The molecule has 2 fully saturated rings. The highest BCUT2D eigenvalue weighted by Gasteiger charge is 2.47. The number of fused-ring (bicyclic) bond motifs is 1. The van der Waals surface area contributed by atoms with Gasteiger partial charge >= 0.3 is 5.97 Å². The highest BCUT2D eigenvalue weighted by atomic mass is 32.2. The zero-order chi connectivity index (χ0) is 17.2. The molecule has 0 spiro atoms. The molecular formula is C21H30O2S. The smallest absolute Gasteiger partial charge is 0.309 e. The van der Waals surface area contributed by atoms with Crippen LogP contribution in [-0.4, -0.2) is 17.8 Å². The van der Waals surface area contributed by atoms with Crippen molar-refractivity contribution in [2.75, 3.05) is 5.75 Å². The number of hydrogen-bond donors (Lipinski definition) is 0. The van der Waals surface area contributed by atoms with E-state index in [1.165, 1.54) is 24.2 Å². The van der Waals surface area contributed by atoms with Crippen molar-refractivity contribution in [2.24, 2.45) is 23.2 Å². The molecule has 1 aliphatic heterocycles. The van der Waals surface area contributed by atoms with E-state index in [0.717, 1.165) is 18.6 Å². The van der Waals surface area contributed by atoms with Gasteiger partial charge in [0.15, 0.2) is 0 Å². The Labute approximate surface area is 150 Å². The molecule has 132 valence electrons. The van der Waals surface area contributed by atoms with Crippen molar-refractivity contribution in [3.05, 3.63) is 30.3 Å². The van der Waals surface area contributed by atoms with Crippen LogP contribution in [0.5, 0.6) is 0 Å². The Morgan fingerprint density at radius 2 is 1.83 bits per heavy atom. The zero-order valence-electron chi connectivity index (χ0n) is 15.2. The van der Waals surface area contributed by atoms with Gasteiger partial charge in [0.1, 0.15) is 6.10 Å². The summed E-state index contributed by atoms with van der Waals surface area (Å²) < 4.78 is 5.88. The first kappa shape index (κ1) is 17.8. The number of ether oxygens (including phenoxy) is 1. The van der Waals surface area contributed by atoms with E-state index in [9.17, 15) is 4.79 Å². The number of thioether (sulfide) groups is 1. The lowest BCUT2D eigenvalue weighted by Gasteiger charge is -2.45. The molecule has 1 heterocycles. The fourth-order valence-corrected chi connectivity index (χ4v) is 5.53. The van der Waals surface area contributed by atoms with Crippen LogP contribution in [0.3, 0.4) is 0 Å². The summed E-state index contributed by atoms with van der Waals surface area (Å²) in [4.78, 5) is 14.0. The molecule has 1 aliphatic carbocycles. The largest absolute Gasteiger partial charge is 0.462 e. The first-order valence-electron chi connectivity index (χ1n) is 9.32. The highest BCUT2D eigenvalue weighted by Crippen LogP contribution is 2.46. The molecule has 24 heavy (non-hydrogen) atoms. The molecule has 3 heteroatoms. The van der Waals surface area contributed by atoms with Crippen LogP contribution in [0.25, 0.3) is 0 Å². The predicted molar refractivity (Wildman–Crippen MR) is 100 cm³/mol. The van der Waals surface area contributed by atoms with Crippen molar-refractivity contribution < 1.29 is 9.53 Å². The maximum absolute atomic E-state index is 12.7. The van der Waals surface area contributed by atoms with Gasteiger partial charge in [0.2, 0.25) is 0 Å². The van der Waals surface area contributed by atoms with Crippen LogP contribution >= 0.6 is 11.8 Å². The van der Waals surface area contributed by atoms with Crippen molar-refractivity contribution >= 4 is 17.7 Å². The van der Waals surface area contributed by atoms with E-state index in [-0.39, 0.29) is 23.4 Å². The molecule has 4 atom stereocenters. The summed E-state index contributed by atoms with van der Waals surface area (Å²) in [6.07, 6.45) is 5.87. The number of carbonyl (C=O) groups is 1. The molecule has 3 rings (SSSR count). The maximum Gasteiger partial charge on any atom is 0.309 e. The maximum atomic E-state index is 12.7. The first-order valence-corrected chi connectivity index (χ1v) is 10.3. The van der Waals surface area contributed by atoms with Crippen molar-refractivity contribution in [1.29, 1.82) is 0 Å². The fourth-order valence-electron chi connectivity index (χ4n) is 4.31. The standard InChI is InChI=1S/C21H30O2S/c1-21(2,3)13-17-18(14-24-15-9-5-4-6-10-15)16-11-7-8-12-19(16)23-20(17)22/h4-6,9-10,16-19H,7-8,11-14H2,1-3H3/t16-,17-,18+,19+/m0/s1. The number of esters is 1. The third-order valence-electron chi connectivity index (χ3n) is 5.41. The van der Waals surface area contributed by atoms with E-state index >= 15 is 0 Å². The van der Waals surface area contributed by atoms with E-state index in [4.69, 9.17) is 4.74 Å². The molecule has 2 nitrogen and oxygen atoms in total. The average molecular weight is 347 g/mol. The van der Waals surface area contributed by atoms with Crippen molar-refractivity contribution in [1.82, 2.24) is 0 Å². The van der Waals surface area contributed by atoms with Gasteiger partial charge in [0.25, 0.3) is 0 Å². The molecule has 0 radical (unpaired) electrons. The summed E-state index contributed by atoms with van der Waals surface area (Å²) >= 11 is 1.91. The van der Waals surface area contributed by atoms with Crippen LogP contribution < -0.4 is 0 Å². The van der Waals surface area contributed by atoms with Crippen molar-refractivity contribution in [3.8, 4) is 0 Å². The quantitative estimate of drug-likeness (QED) is 0.527. The summed E-state index contributed by atoms with van der Waals surface area (Å²) in [5.74, 6) is 2.15. The summed E-state index contributed by atoms with van der Waals surface area (Å²) in [7, 11) is 0. The van der Waals surface area contributed by atoms with Crippen LogP contribution in [0.2, 0.25) is 0 Å². The average Bonchev–Trinajstić information content (AvgIpc) is 2.54. The monoisotopic (exact) mass is 346 g/mol. The zero-order valence-corrected chi connectivity index (χ0v) is 16.0. The molecule has 1 aromatic rings. The molecule has 0 amide bonds. The van der Waals surface area contributed by atoms with E-state index in [2.05, 4.69) is 51.1 Å². The molecule has 1 saturated carbocycles. The van der Waals surface area contributed by atoms with Gasteiger partial charge in [0, 0.05) is 16.6 Å². The van der Waals surface area contributed by atoms with Gasteiger partial charge in [-0.1, -0.05) is 45.4 Å². The highest BCUT2D eigenvalue weighted by molar-refractivity contribution is 7.99. The van der Waals surface area contributed by atoms with Gasteiger partial charge in [-0.15, -0.1) is 11.8 Å². The Bertz CT molecular complexity index is 549. The van der Waals surface area contributed by atoms with Gasteiger partial charge in [-0.3, -0.25) is 4.79 Å². The van der Waals surface area contributed by atoms with E-state index in [1.54, 1.807) is 0 Å². The molecule has 1 saturated heterocycles. The minimum absolute atomic E-state index is 0.0561. The molecule has 2 aliphatic rings. The third kappa shape index (κ3) is 4.36. The van der Waals surface area contributed by atoms with Gasteiger partial charge in [-0.05, 0) is 49.1 Å². The lowest BCUT2D eigenvalue weighted by atomic mass is 9.67. The second kappa shape index (κ2) is 7.51. The lowest BCUT2D eigenvalue weighted by molar-refractivity contribution is -0.176. The number of hydrogen-bond acceptors (Lipinski definition) is 3. The van der Waals surface area contributed by atoms with Gasteiger partial charge in [0.05, 0.1) is 5.92 Å². The second-order valence-electron chi connectivity index (χ2n) is 8.58. The van der Waals surface area contributed by atoms with E-state index in [1.807, 2.05) is 11.8 Å². The topological polar surface area (TPSA) is 26.3 Å². The molecule has 0 bridgehead atoms. The molecular weight excluding hydrogens is 316 g/mol. The van der Waals surface area contributed by atoms with Crippen LogP contribution in [0.4, 0.5) is 0 Å². The van der Waals surface area contributed by atoms with Crippen LogP contribution in [0.1, 0.15) is 52.9 Å². The van der Waals surface area contributed by atoms with Gasteiger partial charge in [-0.25, -0.2) is 0 Å². The Kier molecular flexibility index (Phi) is 5.59. The summed E-state index contributed by atoms with van der Waals surface area (Å²) in [5, 5.41) is 0. The molecule has 0 aromatic heterocycles. The second-order valence-corrected chi connectivity index (χ2v) is 9.68. The SMILES string of the molecule is CC(C)(C)C[C@@H]1C(=O)O[C@@H]2CCCC[C@H]2[C@H]1CSc1ccccc1. The van der Waals surface area contributed by atoms with Crippen LogP contribution in [0.15, 0.2) is 35.2 Å². The summed E-state index contributed by atoms with van der Waals surface area (Å²) in [5.41, 5.74) is 0.154. The van der Waals surface area contributed by atoms with E-state index in [0.29, 0.717) is 11.8 Å². The number of carbonyl (C=O) groups excluding carboxylic acids is 1. The lowest BCUT2D eigenvalue weighted by Crippen LogP contribution is -2.48. The summed E-state index contributed by atoms with van der Waals surface area (Å²) in [6.45, 7) is 6.69. The molecule has 0 unspecified atom stereocenters. The predicted octanol–water partition coefficient (Wildman–Crippen LogP) is 5.56. The van der Waals surface area contributed by atoms with Crippen molar-refractivity contribution in [2.45, 2.75) is 63.9 Å². The first-order chi connectivity index (χ1) is 11.4. The Morgan fingerprint density at radius 1 is 1.12 bits per heavy atom. The molecule has 0 N–H and O–H groups in total. The Morgan fingerprint density at radius 3 is 2.54 bits per heavy atom. The normalized spacial score (nSPS) is 30.5. The van der Waals surface area contributed by atoms with Crippen LogP contribution in [-0.2, 0) is 9.53 Å². The van der Waals surface area contributed by atoms with Gasteiger partial charge in [-0.2, -0.15) is 0 Å². The number of rotatable bonds is 4. The Hall–Kier alpha value is -0.960. The summed E-state index contributed by atoms with van der Waals surface area (Å²) in [6, 6.07) is 10.6. The minimum atomic E-state index is 0.0561. The Balaban J connectivity index is 1.77. The number of benzene rings is 1. The third-order valence-corrected chi connectivity index (χ3v) is 6.57.